The number of Topliss-reactive ketones (excluding diaryl/α,β-unsaturated/α-hetero) is 1. The third-order valence-corrected chi connectivity index (χ3v) is 3.68. The van der Waals surface area contributed by atoms with Gasteiger partial charge in [0.1, 0.15) is 5.54 Å². The summed E-state index contributed by atoms with van der Waals surface area (Å²) in [7, 11) is 0. The molecule has 2 nitrogen and oxygen atoms in total. The van der Waals surface area contributed by atoms with Crippen molar-refractivity contribution in [2.45, 2.75) is 32.2 Å². The third-order valence-electron chi connectivity index (χ3n) is 3.68. The molecule has 2 aromatic carbocycles. The van der Waals surface area contributed by atoms with Crippen LogP contribution in [0.15, 0.2) is 54.6 Å². The molecule has 0 aromatic heterocycles. The maximum Gasteiger partial charge on any atom is 0.186 e. The average molecular weight is 267 g/mol. The molecule has 0 fully saturated rings. The van der Waals surface area contributed by atoms with Crippen LogP contribution in [-0.4, -0.2) is 5.78 Å². The lowest BCUT2D eigenvalue weighted by Crippen LogP contribution is -2.41. The van der Waals surface area contributed by atoms with Crippen LogP contribution >= 0.6 is 0 Å². The van der Waals surface area contributed by atoms with E-state index in [1.54, 1.807) is 6.92 Å². The highest BCUT2D eigenvalue weighted by Crippen LogP contribution is 2.24. The standard InChI is InChI=1S/C18H21NO/c1-13(2)14-9-11-15(12-10-14)17(20)18(3,19)16-7-5-4-6-8-16/h4-13H,19H2,1-3H3. The van der Waals surface area contributed by atoms with Crippen LogP contribution in [0.2, 0.25) is 0 Å². The van der Waals surface area contributed by atoms with E-state index in [9.17, 15) is 4.79 Å². The van der Waals surface area contributed by atoms with Gasteiger partial charge in [-0.1, -0.05) is 68.4 Å². The van der Waals surface area contributed by atoms with E-state index in [4.69, 9.17) is 5.73 Å². The number of carbonyl (C=O) groups is 1. The first-order valence-electron chi connectivity index (χ1n) is 6.92. The maximum absolute atomic E-state index is 12.6. The fourth-order valence-electron chi connectivity index (χ4n) is 2.23. The Bertz CT molecular complexity index is 583. The second-order valence-electron chi connectivity index (χ2n) is 5.67. The van der Waals surface area contributed by atoms with Crippen molar-refractivity contribution in [3.63, 3.8) is 0 Å². The summed E-state index contributed by atoms with van der Waals surface area (Å²) in [6.07, 6.45) is 0. The number of nitrogens with two attached hydrogens (primary N) is 1. The maximum atomic E-state index is 12.6. The van der Waals surface area contributed by atoms with Gasteiger partial charge in [0.2, 0.25) is 0 Å². The Morgan fingerprint density at radius 3 is 2.05 bits per heavy atom. The summed E-state index contributed by atoms with van der Waals surface area (Å²) in [4.78, 5) is 12.6. The predicted molar refractivity (Wildman–Crippen MR) is 82.8 cm³/mol. The van der Waals surface area contributed by atoms with Gasteiger partial charge in [-0.05, 0) is 24.0 Å². The van der Waals surface area contributed by atoms with Crippen molar-refractivity contribution in [3.8, 4) is 0 Å². The van der Waals surface area contributed by atoms with E-state index in [0.717, 1.165) is 5.56 Å². The molecular weight excluding hydrogens is 246 g/mol. The molecule has 0 heterocycles. The lowest BCUT2D eigenvalue weighted by atomic mass is 9.85. The molecule has 1 atom stereocenters. The second-order valence-corrected chi connectivity index (χ2v) is 5.67. The summed E-state index contributed by atoms with van der Waals surface area (Å²) in [5, 5.41) is 0. The molecule has 0 radical (unpaired) electrons. The Morgan fingerprint density at radius 2 is 1.55 bits per heavy atom. The third kappa shape index (κ3) is 2.81. The van der Waals surface area contributed by atoms with Gasteiger partial charge in [0.25, 0.3) is 0 Å². The monoisotopic (exact) mass is 267 g/mol. The van der Waals surface area contributed by atoms with E-state index < -0.39 is 5.54 Å². The molecule has 2 heteroatoms. The SMILES string of the molecule is CC(C)c1ccc(C(=O)C(C)(N)c2ccccc2)cc1. The zero-order valence-electron chi connectivity index (χ0n) is 12.3. The van der Waals surface area contributed by atoms with E-state index in [2.05, 4.69) is 13.8 Å². The minimum absolute atomic E-state index is 0.0565. The molecule has 0 amide bonds. The van der Waals surface area contributed by atoms with Crippen LogP contribution in [-0.2, 0) is 5.54 Å². The summed E-state index contributed by atoms with van der Waals surface area (Å²) < 4.78 is 0. The average Bonchev–Trinajstić information content (AvgIpc) is 2.47. The molecule has 0 aliphatic heterocycles. The van der Waals surface area contributed by atoms with Gasteiger partial charge in [-0.15, -0.1) is 0 Å². The lowest BCUT2D eigenvalue weighted by Gasteiger charge is -2.24. The van der Waals surface area contributed by atoms with Crippen LogP contribution in [0, 0.1) is 0 Å². The van der Waals surface area contributed by atoms with E-state index in [1.807, 2.05) is 54.6 Å². The topological polar surface area (TPSA) is 43.1 Å². The molecule has 0 spiro atoms. The fraction of sp³-hybridized carbons (Fsp3) is 0.278. The highest BCUT2D eigenvalue weighted by Gasteiger charge is 2.31. The molecule has 2 rings (SSSR count). The molecule has 0 aliphatic carbocycles. The molecule has 2 N–H and O–H groups in total. The Balaban J connectivity index is 2.31. The number of carbonyl (C=O) groups excluding carboxylic acids is 1. The summed E-state index contributed by atoms with van der Waals surface area (Å²) in [6.45, 7) is 6.03. The van der Waals surface area contributed by atoms with Crippen molar-refractivity contribution in [2.75, 3.05) is 0 Å². The van der Waals surface area contributed by atoms with Gasteiger partial charge in [0.15, 0.2) is 5.78 Å². The van der Waals surface area contributed by atoms with E-state index >= 15 is 0 Å². The Morgan fingerprint density at radius 1 is 1.00 bits per heavy atom. The second kappa shape index (κ2) is 5.59. The van der Waals surface area contributed by atoms with Crippen LogP contribution in [0.4, 0.5) is 0 Å². The number of hydrogen-bond acceptors (Lipinski definition) is 2. The first-order chi connectivity index (χ1) is 9.43. The summed E-state index contributed by atoms with van der Waals surface area (Å²) in [5.74, 6) is 0.400. The van der Waals surface area contributed by atoms with Gasteiger partial charge in [0.05, 0.1) is 0 Å². The molecule has 2 aromatic rings. The largest absolute Gasteiger partial charge is 0.315 e. The molecular formula is C18H21NO. The minimum Gasteiger partial charge on any atom is -0.315 e. The molecule has 0 bridgehead atoms. The Kier molecular flexibility index (Phi) is 4.05. The van der Waals surface area contributed by atoms with Crippen molar-refractivity contribution in [3.05, 3.63) is 71.3 Å². The Hall–Kier alpha value is -1.93. The molecule has 0 saturated carbocycles. The van der Waals surface area contributed by atoms with Crippen LogP contribution in [0.3, 0.4) is 0 Å². The first kappa shape index (κ1) is 14.5. The summed E-state index contributed by atoms with van der Waals surface area (Å²) in [5.41, 5.74) is 7.97. The number of hydrogen-bond donors (Lipinski definition) is 1. The van der Waals surface area contributed by atoms with Crippen molar-refractivity contribution in [1.29, 1.82) is 0 Å². The van der Waals surface area contributed by atoms with E-state index in [0.29, 0.717) is 11.5 Å². The molecule has 0 saturated heterocycles. The minimum atomic E-state index is -0.999. The van der Waals surface area contributed by atoms with Crippen molar-refractivity contribution in [2.24, 2.45) is 5.73 Å². The van der Waals surface area contributed by atoms with Crippen molar-refractivity contribution < 1.29 is 4.79 Å². The van der Waals surface area contributed by atoms with Gasteiger partial charge < -0.3 is 5.73 Å². The van der Waals surface area contributed by atoms with Crippen molar-refractivity contribution in [1.82, 2.24) is 0 Å². The smallest absolute Gasteiger partial charge is 0.186 e. The highest BCUT2D eigenvalue weighted by atomic mass is 16.1. The van der Waals surface area contributed by atoms with Gasteiger partial charge in [-0.3, -0.25) is 4.79 Å². The predicted octanol–water partition coefficient (Wildman–Crippen LogP) is 3.87. The van der Waals surface area contributed by atoms with Crippen LogP contribution in [0.5, 0.6) is 0 Å². The zero-order valence-corrected chi connectivity index (χ0v) is 12.3. The van der Waals surface area contributed by atoms with Gasteiger partial charge in [-0.25, -0.2) is 0 Å². The summed E-state index contributed by atoms with van der Waals surface area (Å²) in [6, 6.07) is 17.2. The van der Waals surface area contributed by atoms with Crippen LogP contribution in [0.25, 0.3) is 0 Å². The zero-order chi connectivity index (χ0) is 14.8. The van der Waals surface area contributed by atoms with Gasteiger partial charge in [-0.2, -0.15) is 0 Å². The number of ketones is 1. The van der Waals surface area contributed by atoms with Crippen molar-refractivity contribution >= 4 is 5.78 Å². The highest BCUT2D eigenvalue weighted by molar-refractivity contribution is 6.03. The fourth-order valence-corrected chi connectivity index (χ4v) is 2.23. The Labute approximate surface area is 120 Å². The quantitative estimate of drug-likeness (QED) is 0.855. The molecule has 0 aliphatic rings. The van der Waals surface area contributed by atoms with Crippen LogP contribution in [0.1, 0.15) is 48.2 Å². The molecule has 104 valence electrons. The number of rotatable bonds is 4. The lowest BCUT2D eigenvalue weighted by molar-refractivity contribution is 0.0900. The van der Waals surface area contributed by atoms with E-state index in [1.165, 1.54) is 5.56 Å². The normalized spacial score (nSPS) is 14.1. The summed E-state index contributed by atoms with van der Waals surface area (Å²) >= 11 is 0. The van der Waals surface area contributed by atoms with Gasteiger partial charge in [0, 0.05) is 5.56 Å². The molecule has 1 unspecified atom stereocenters. The molecule has 20 heavy (non-hydrogen) atoms. The number of benzene rings is 2. The van der Waals surface area contributed by atoms with E-state index in [-0.39, 0.29) is 5.78 Å². The van der Waals surface area contributed by atoms with Gasteiger partial charge >= 0.3 is 0 Å². The van der Waals surface area contributed by atoms with Crippen LogP contribution < -0.4 is 5.73 Å². The first-order valence-corrected chi connectivity index (χ1v) is 6.92.